The van der Waals surface area contributed by atoms with Crippen LogP contribution in [0.3, 0.4) is 0 Å². The fourth-order valence-electron chi connectivity index (χ4n) is 3.44. The van der Waals surface area contributed by atoms with Crippen LogP contribution in [-0.4, -0.2) is 10.5 Å². The Balaban J connectivity index is 1.76. The van der Waals surface area contributed by atoms with Crippen molar-refractivity contribution in [1.29, 1.82) is 0 Å². The quantitative estimate of drug-likeness (QED) is 0.651. The third kappa shape index (κ3) is 3.93. The largest absolute Gasteiger partial charge is 0.419 e. The Labute approximate surface area is 162 Å². The van der Waals surface area contributed by atoms with E-state index in [0.29, 0.717) is 16.1 Å². The number of hydrogen-bond donors (Lipinski definition) is 1. The van der Waals surface area contributed by atoms with E-state index in [1.54, 1.807) is 6.07 Å². The Hall–Kier alpha value is -2.53. The number of rotatable bonds is 7. The van der Waals surface area contributed by atoms with Crippen molar-refractivity contribution in [2.75, 3.05) is 0 Å². The first kappa shape index (κ1) is 19.2. The zero-order chi connectivity index (χ0) is 19.4. The number of aryl methyl sites for hydroxylation is 1. The van der Waals surface area contributed by atoms with Crippen LogP contribution in [0.25, 0.3) is 11.1 Å². The summed E-state index contributed by atoms with van der Waals surface area (Å²) in [5.41, 5.74) is 1.80. The third-order valence-electron chi connectivity index (χ3n) is 5.12. The number of nitrogens with zero attached hydrogens (tertiary/aromatic N) is 1. The van der Waals surface area contributed by atoms with Gasteiger partial charge in [-0.15, -0.1) is 0 Å². The van der Waals surface area contributed by atoms with Crippen LogP contribution in [0.4, 0.5) is 0 Å². The maximum atomic E-state index is 12.7. The second-order valence-electron chi connectivity index (χ2n) is 6.58. The topological polar surface area (TPSA) is 64.2 Å². The molecule has 0 fully saturated rings. The summed E-state index contributed by atoms with van der Waals surface area (Å²) in [5.74, 6) is -0.551. The van der Waals surface area contributed by atoms with Gasteiger partial charge in [0.15, 0.2) is 5.58 Å². The summed E-state index contributed by atoms with van der Waals surface area (Å²) in [6.07, 6.45) is 1.70. The number of para-hydroxylation sites is 2. The summed E-state index contributed by atoms with van der Waals surface area (Å²) >= 11 is 5.99. The molecule has 0 spiro atoms. The zero-order valence-corrected chi connectivity index (χ0v) is 16.3. The van der Waals surface area contributed by atoms with Gasteiger partial charge in [-0.1, -0.05) is 49.7 Å². The molecular weight excluding hydrogens is 364 g/mol. The summed E-state index contributed by atoms with van der Waals surface area (Å²) in [7, 11) is 0. The lowest BCUT2D eigenvalue weighted by molar-refractivity contribution is -0.123. The van der Waals surface area contributed by atoms with Gasteiger partial charge in [0.2, 0.25) is 5.91 Å². The zero-order valence-electron chi connectivity index (χ0n) is 15.5. The van der Waals surface area contributed by atoms with E-state index >= 15 is 0 Å². The number of nitrogens with one attached hydrogen (secondary N) is 1. The van der Waals surface area contributed by atoms with Crippen molar-refractivity contribution >= 4 is 28.6 Å². The second kappa shape index (κ2) is 8.01. The molecule has 0 unspecified atom stereocenters. The summed E-state index contributed by atoms with van der Waals surface area (Å²) in [6, 6.07) is 14.8. The molecular formula is C21H23ClN2O3. The standard InChI is InChI=1S/C21H23ClN2O3/c1-3-21(4-2,15-9-11-16(22)12-10-15)23-19(25)13-14-24-17-7-5-6-8-18(17)27-20(24)26/h5-12H,3-4,13-14H2,1-2H3,(H,23,25). The minimum absolute atomic E-state index is 0.106. The molecule has 0 bridgehead atoms. The van der Waals surface area contributed by atoms with E-state index in [9.17, 15) is 9.59 Å². The molecule has 0 radical (unpaired) electrons. The van der Waals surface area contributed by atoms with Crippen molar-refractivity contribution in [3.8, 4) is 0 Å². The lowest BCUT2D eigenvalue weighted by Crippen LogP contribution is -2.45. The van der Waals surface area contributed by atoms with E-state index in [-0.39, 0.29) is 18.9 Å². The van der Waals surface area contributed by atoms with Crippen LogP contribution in [0.5, 0.6) is 0 Å². The van der Waals surface area contributed by atoms with Gasteiger partial charge in [-0.2, -0.15) is 0 Å². The maximum absolute atomic E-state index is 12.7. The molecule has 0 aliphatic carbocycles. The molecule has 142 valence electrons. The van der Waals surface area contributed by atoms with Crippen molar-refractivity contribution < 1.29 is 9.21 Å². The van der Waals surface area contributed by atoms with E-state index < -0.39 is 11.3 Å². The molecule has 5 nitrogen and oxygen atoms in total. The fraction of sp³-hybridized carbons (Fsp3) is 0.333. The van der Waals surface area contributed by atoms with E-state index in [1.165, 1.54) is 4.57 Å². The highest BCUT2D eigenvalue weighted by Crippen LogP contribution is 2.30. The smallest absolute Gasteiger partial charge is 0.408 e. The molecule has 3 aromatic rings. The number of hydrogen-bond acceptors (Lipinski definition) is 3. The van der Waals surface area contributed by atoms with Crippen molar-refractivity contribution in [2.24, 2.45) is 0 Å². The van der Waals surface area contributed by atoms with Crippen LogP contribution < -0.4 is 11.1 Å². The summed E-state index contributed by atoms with van der Waals surface area (Å²) < 4.78 is 6.72. The van der Waals surface area contributed by atoms with Crippen LogP contribution in [0, 0.1) is 0 Å². The van der Waals surface area contributed by atoms with Gasteiger partial charge in [-0.05, 0) is 42.7 Å². The number of oxazole rings is 1. The Morgan fingerprint density at radius 1 is 1.11 bits per heavy atom. The fourth-order valence-corrected chi connectivity index (χ4v) is 3.57. The van der Waals surface area contributed by atoms with E-state index in [0.717, 1.165) is 18.4 Å². The van der Waals surface area contributed by atoms with Gasteiger partial charge in [-0.25, -0.2) is 4.79 Å². The van der Waals surface area contributed by atoms with E-state index in [1.807, 2.05) is 56.3 Å². The SMILES string of the molecule is CCC(CC)(NC(=O)CCn1c(=O)oc2ccccc21)c1ccc(Cl)cc1. The number of amides is 1. The van der Waals surface area contributed by atoms with Crippen molar-refractivity contribution in [3.05, 3.63) is 69.7 Å². The molecule has 6 heteroatoms. The number of fused-ring (bicyclic) bond motifs is 1. The van der Waals surface area contributed by atoms with Gasteiger partial charge in [-0.3, -0.25) is 9.36 Å². The molecule has 0 aliphatic rings. The third-order valence-corrected chi connectivity index (χ3v) is 5.37. The Bertz CT molecular complexity index is 985. The highest BCUT2D eigenvalue weighted by Gasteiger charge is 2.30. The molecule has 1 aromatic heterocycles. The normalized spacial score (nSPS) is 11.7. The van der Waals surface area contributed by atoms with Crippen molar-refractivity contribution in [3.63, 3.8) is 0 Å². The number of benzene rings is 2. The van der Waals surface area contributed by atoms with Crippen LogP contribution in [0.2, 0.25) is 5.02 Å². The van der Waals surface area contributed by atoms with E-state index in [4.69, 9.17) is 16.0 Å². The van der Waals surface area contributed by atoms with Crippen LogP contribution >= 0.6 is 11.6 Å². The molecule has 1 N–H and O–H groups in total. The summed E-state index contributed by atoms with van der Waals surface area (Å²) in [5, 5.41) is 3.83. The van der Waals surface area contributed by atoms with Crippen LogP contribution in [0.15, 0.2) is 57.7 Å². The first-order valence-corrected chi connectivity index (χ1v) is 9.52. The Morgan fingerprint density at radius 3 is 2.44 bits per heavy atom. The molecule has 0 saturated heterocycles. The predicted molar refractivity (Wildman–Crippen MR) is 107 cm³/mol. The number of halogens is 1. The lowest BCUT2D eigenvalue weighted by atomic mass is 9.84. The first-order valence-electron chi connectivity index (χ1n) is 9.14. The van der Waals surface area contributed by atoms with Crippen molar-refractivity contribution in [2.45, 2.75) is 45.2 Å². The lowest BCUT2D eigenvalue weighted by Gasteiger charge is -2.33. The highest BCUT2D eigenvalue weighted by atomic mass is 35.5. The molecule has 0 saturated carbocycles. The summed E-state index contributed by atoms with van der Waals surface area (Å²) in [6.45, 7) is 4.37. The number of carbonyl (C=O) groups excluding carboxylic acids is 1. The molecule has 1 amide bonds. The average Bonchev–Trinajstić information content (AvgIpc) is 3.00. The highest BCUT2D eigenvalue weighted by molar-refractivity contribution is 6.30. The van der Waals surface area contributed by atoms with Crippen LogP contribution in [-0.2, 0) is 16.9 Å². The van der Waals surface area contributed by atoms with Gasteiger partial charge in [0.25, 0.3) is 0 Å². The van der Waals surface area contributed by atoms with Crippen LogP contribution in [0.1, 0.15) is 38.7 Å². The first-order chi connectivity index (χ1) is 13.0. The minimum Gasteiger partial charge on any atom is -0.408 e. The minimum atomic E-state index is -0.453. The van der Waals surface area contributed by atoms with Gasteiger partial charge < -0.3 is 9.73 Å². The average molecular weight is 387 g/mol. The number of aromatic nitrogens is 1. The molecule has 27 heavy (non-hydrogen) atoms. The van der Waals surface area contributed by atoms with Gasteiger partial charge in [0, 0.05) is 18.0 Å². The van der Waals surface area contributed by atoms with E-state index in [2.05, 4.69) is 5.32 Å². The Kier molecular flexibility index (Phi) is 5.71. The summed E-state index contributed by atoms with van der Waals surface area (Å²) in [4.78, 5) is 24.7. The predicted octanol–water partition coefficient (Wildman–Crippen LogP) is 4.47. The van der Waals surface area contributed by atoms with Gasteiger partial charge >= 0.3 is 5.76 Å². The monoisotopic (exact) mass is 386 g/mol. The van der Waals surface area contributed by atoms with Gasteiger partial charge in [0.05, 0.1) is 11.1 Å². The molecule has 0 aliphatic heterocycles. The van der Waals surface area contributed by atoms with Gasteiger partial charge in [0.1, 0.15) is 0 Å². The number of carbonyl (C=O) groups is 1. The molecule has 1 heterocycles. The van der Waals surface area contributed by atoms with Crippen molar-refractivity contribution in [1.82, 2.24) is 9.88 Å². The Morgan fingerprint density at radius 2 is 1.78 bits per heavy atom. The molecule has 0 atom stereocenters. The molecule has 2 aromatic carbocycles. The molecule has 3 rings (SSSR count). The second-order valence-corrected chi connectivity index (χ2v) is 7.02. The maximum Gasteiger partial charge on any atom is 0.419 e.